The lowest BCUT2D eigenvalue weighted by Gasteiger charge is -2.25. The van der Waals surface area contributed by atoms with Crippen molar-refractivity contribution in [3.63, 3.8) is 0 Å². The molecule has 1 fully saturated rings. The number of carboxylic acid groups (broad SMARTS) is 1. The smallest absolute Gasteiger partial charge is 0.324 e. The van der Waals surface area contributed by atoms with Crippen LogP contribution in [0.2, 0.25) is 10.0 Å². The predicted molar refractivity (Wildman–Crippen MR) is 75.0 cm³/mol. The number of halogens is 3. The summed E-state index contributed by atoms with van der Waals surface area (Å²) in [5.41, 5.74) is -0.0647. The molecule has 1 aromatic rings. The number of rotatable bonds is 3. The van der Waals surface area contributed by atoms with Gasteiger partial charge in [0.25, 0.3) is 0 Å². The van der Waals surface area contributed by atoms with Crippen LogP contribution in [0.5, 0.6) is 0 Å². The molecule has 2 N–H and O–H groups in total. The molecule has 1 aliphatic rings. The fourth-order valence-electron chi connectivity index (χ4n) is 2.21. The molecule has 0 amide bonds. The lowest BCUT2D eigenvalue weighted by atomic mass is 9.89. The molecule has 1 aromatic carbocycles. The van der Waals surface area contributed by atoms with E-state index in [0.29, 0.717) is 22.9 Å². The number of hydrogen-bond acceptors (Lipinski definition) is 2. The summed E-state index contributed by atoms with van der Waals surface area (Å²) in [5.74, 6) is -0.819. The second-order valence-corrected chi connectivity index (χ2v) is 5.17. The normalized spacial score (nSPS) is 22.6. The van der Waals surface area contributed by atoms with E-state index in [9.17, 15) is 9.90 Å². The quantitative estimate of drug-likeness (QED) is 0.901. The Bertz CT molecular complexity index is 445. The molecule has 2 rings (SSSR count). The highest BCUT2D eigenvalue weighted by molar-refractivity contribution is 6.35. The van der Waals surface area contributed by atoms with Gasteiger partial charge in [0.1, 0.15) is 5.54 Å². The van der Waals surface area contributed by atoms with Gasteiger partial charge in [-0.25, -0.2) is 0 Å². The summed E-state index contributed by atoms with van der Waals surface area (Å²) >= 11 is 11.9. The summed E-state index contributed by atoms with van der Waals surface area (Å²) in [5, 5.41) is 13.5. The van der Waals surface area contributed by atoms with Gasteiger partial charge in [-0.3, -0.25) is 4.79 Å². The van der Waals surface area contributed by atoms with E-state index >= 15 is 0 Å². The summed E-state index contributed by atoms with van der Waals surface area (Å²) in [6, 6.07) is 5.16. The Hall–Kier alpha value is -0.480. The molecule has 0 aromatic heterocycles. The first-order valence-corrected chi connectivity index (χ1v) is 6.21. The lowest BCUT2D eigenvalue weighted by molar-refractivity contribution is -0.144. The van der Waals surface area contributed by atoms with Gasteiger partial charge in [0.05, 0.1) is 0 Å². The highest BCUT2D eigenvalue weighted by Crippen LogP contribution is 2.29. The summed E-state index contributed by atoms with van der Waals surface area (Å²) in [6.45, 7) is 0.734. The number of nitrogens with one attached hydrogen (secondary N) is 1. The van der Waals surface area contributed by atoms with E-state index in [2.05, 4.69) is 5.32 Å². The zero-order valence-electron chi connectivity index (χ0n) is 9.58. The minimum Gasteiger partial charge on any atom is -0.480 e. The first-order valence-electron chi connectivity index (χ1n) is 5.46. The zero-order chi connectivity index (χ0) is 12.5. The third kappa shape index (κ3) is 3.09. The van der Waals surface area contributed by atoms with Crippen molar-refractivity contribution in [3.05, 3.63) is 33.8 Å². The Kier molecular flexibility index (Phi) is 5.29. The Morgan fingerprint density at radius 1 is 1.44 bits per heavy atom. The third-order valence-electron chi connectivity index (χ3n) is 3.16. The summed E-state index contributed by atoms with van der Waals surface area (Å²) in [4.78, 5) is 11.4. The van der Waals surface area contributed by atoms with Crippen LogP contribution in [0.3, 0.4) is 0 Å². The number of carbonyl (C=O) groups is 1. The second kappa shape index (κ2) is 6.11. The van der Waals surface area contributed by atoms with Crippen molar-refractivity contribution in [2.75, 3.05) is 6.54 Å². The molecule has 1 heterocycles. The van der Waals surface area contributed by atoms with E-state index in [0.717, 1.165) is 18.5 Å². The number of benzene rings is 1. The molecular weight excluding hydrogens is 296 g/mol. The van der Waals surface area contributed by atoms with Crippen LogP contribution in [-0.4, -0.2) is 23.2 Å². The topological polar surface area (TPSA) is 49.3 Å². The molecule has 3 nitrogen and oxygen atoms in total. The number of hydrogen-bond donors (Lipinski definition) is 2. The Labute approximate surface area is 122 Å². The summed E-state index contributed by atoms with van der Waals surface area (Å²) in [6.07, 6.45) is 1.89. The van der Waals surface area contributed by atoms with Gasteiger partial charge in [0.15, 0.2) is 0 Å². The van der Waals surface area contributed by atoms with Crippen LogP contribution in [0.4, 0.5) is 0 Å². The van der Waals surface area contributed by atoms with Crippen molar-refractivity contribution < 1.29 is 9.90 Å². The Morgan fingerprint density at radius 2 is 2.17 bits per heavy atom. The van der Waals surface area contributed by atoms with E-state index < -0.39 is 11.5 Å². The molecule has 1 saturated heterocycles. The molecule has 1 atom stereocenters. The van der Waals surface area contributed by atoms with Crippen molar-refractivity contribution in [2.24, 2.45) is 0 Å². The van der Waals surface area contributed by atoms with Gasteiger partial charge in [-0.15, -0.1) is 12.4 Å². The lowest BCUT2D eigenvalue weighted by Crippen LogP contribution is -2.49. The average molecular weight is 311 g/mol. The van der Waals surface area contributed by atoms with Gasteiger partial charge >= 0.3 is 5.97 Å². The summed E-state index contributed by atoms with van der Waals surface area (Å²) < 4.78 is 0. The standard InChI is InChI=1S/C12H13Cl2NO2.ClH/c13-9-3-2-8(10(14)6-9)7-12(11(16)17)4-1-5-15-12;/h2-3,6,15H,1,4-5,7H2,(H,16,17);1H/t12-;/m0./s1. The highest BCUT2D eigenvalue weighted by Gasteiger charge is 2.41. The van der Waals surface area contributed by atoms with E-state index in [1.165, 1.54) is 0 Å². The van der Waals surface area contributed by atoms with Gasteiger partial charge in [0, 0.05) is 16.5 Å². The fraction of sp³-hybridized carbons (Fsp3) is 0.417. The van der Waals surface area contributed by atoms with Crippen LogP contribution in [0.25, 0.3) is 0 Å². The first kappa shape index (κ1) is 15.6. The first-order chi connectivity index (χ1) is 8.03. The molecule has 0 aliphatic carbocycles. The van der Waals surface area contributed by atoms with Gasteiger partial charge in [0.2, 0.25) is 0 Å². The van der Waals surface area contributed by atoms with Crippen molar-refractivity contribution in [2.45, 2.75) is 24.8 Å². The van der Waals surface area contributed by atoms with E-state index in [1.54, 1.807) is 18.2 Å². The molecule has 0 unspecified atom stereocenters. The molecule has 1 aliphatic heterocycles. The molecule has 0 spiro atoms. The molecule has 0 saturated carbocycles. The number of carboxylic acids is 1. The monoisotopic (exact) mass is 309 g/mol. The zero-order valence-corrected chi connectivity index (χ0v) is 11.9. The highest BCUT2D eigenvalue weighted by atomic mass is 35.5. The maximum atomic E-state index is 11.4. The molecular formula is C12H14Cl3NO2. The molecule has 6 heteroatoms. The number of aliphatic carboxylic acids is 1. The minimum absolute atomic E-state index is 0. The molecule has 0 bridgehead atoms. The van der Waals surface area contributed by atoms with Crippen molar-refractivity contribution in [1.82, 2.24) is 5.32 Å². The molecule has 0 radical (unpaired) electrons. The van der Waals surface area contributed by atoms with Crippen molar-refractivity contribution in [1.29, 1.82) is 0 Å². The van der Waals surface area contributed by atoms with Crippen LogP contribution in [0, 0.1) is 0 Å². The summed E-state index contributed by atoms with van der Waals surface area (Å²) in [7, 11) is 0. The largest absolute Gasteiger partial charge is 0.480 e. The maximum absolute atomic E-state index is 11.4. The van der Waals surface area contributed by atoms with E-state index in [1.807, 2.05) is 0 Å². The van der Waals surface area contributed by atoms with Crippen LogP contribution in [0.15, 0.2) is 18.2 Å². The Balaban J connectivity index is 0.00000162. The minimum atomic E-state index is -0.878. The molecule has 100 valence electrons. The SMILES string of the molecule is Cl.O=C(O)[C@@]1(Cc2ccc(Cl)cc2Cl)CCCN1. The maximum Gasteiger partial charge on any atom is 0.324 e. The van der Waals surface area contributed by atoms with Crippen molar-refractivity contribution >= 4 is 41.6 Å². The Morgan fingerprint density at radius 3 is 2.67 bits per heavy atom. The van der Waals surface area contributed by atoms with Gasteiger partial charge in [-0.05, 0) is 37.1 Å². The van der Waals surface area contributed by atoms with Gasteiger partial charge < -0.3 is 10.4 Å². The van der Waals surface area contributed by atoms with Crippen LogP contribution in [0.1, 0.15) is 18.4 Å². The van der Waals surface area contributed by atoms with Crippen LogP contribution < -0.4 is 5.32 Å². The predicted octanol–water partition coefficient (Wildman–Crippen LogP) is 3.16. The van der Waals surface area contributed by atoms with Gasteiger partial charge in [-0.1, -0.05) is 29.3 Å². The van der Waals surface area contributed by atoms with Crippen molar-refractivity contribution in [3.8, 4) is 0 Å². The third-order valence-corrected chi connectivity index (χ3v) is 3.75. The van der Waals surface area contributed by atoms with E-state index in [4.69, 9.17) is 23.2 Å². The molecule has 18 heavy (non-hydrogen) atoms. The van der Waals surface area contributed by atoms with Crippen LogP contribution >= 0.6 is 35.6 Å². The van der Waals surface area contributed by atoms with Crippen LogP contribution in [-0.2, 0) is 11.2 Å². The van der Waals surface area contributed by atoms with Gasteiger partial charge in [-0.2, -0.15) is 0 Å². The average Bonchev–Trinajstić information content (AvgIpc) is 2.72. The van der Waals surface area contributed by atoms with E-state index in [-0.39, 0.29) is 12.4 Å². The fourth-order valence-corrected chi connectivity index (χ4v) is 2.68. The second-order valence-electron chi connectivity index (χ2n) is 4.33.